The van der Waals surface area contributed by atoms with Crippen LogP contribution in [0.4, 0.5) is 9.59 Å². The summed E-state index contributed by atoms with van der Waals surface area (Å²) in [6, 6.07) is -0.504. The van der Waals surface area contributed by atoms with E-state index in [9.17, 15) is 14.4 Å². The highest BCUT2D eigenvalue weighted by molar-refractivity contribution is 6.07. The molecule has 1 unspecified atom stereocenters. The molecule has 1 atom stereocenters. The Kier molecular flexibility index (Phi) is 2.45. The van der Waals surface area contributed by atoms with Gasteiger partial charge in [0.15, 0.2) is 0 Å². The molecule has 2 N–H and O–H groups in total. The van der Waals surface area contributed by atoms with Gasteiger partial charge in [0.25, 0.3) is 5.91 Å². The van der Waals surface area contributed by atoms with E-state index >= 15 is 0 Å². The van der Waals surface area contributed by atoms with Gasteiger partial charge in [-0.25, -0.2) is 9.59 Å². The van der Waals surface area contributed by atoms with E-state index < -0.39 is 17.7 Å². The van der Waals surface area contributed by atoms with Crippen molar-refractivity contribution in [2.75, 3.05) is 19.7 Å². The summed E-state index contributed by atoms with van der Waals surface area (Å²) in [5.74, 6) is -0.371. The van der Waals surface area contributed by atoms with Crippen LogP contribution in [-0.2, 0) is 9.53 Å². The summed E-state index contributed by atoms with van der Waals surface area (Å²) in [5.41, 5.74) is -0.955. The zero-order valence-electron chi connectivity index (χ0n) is 8.91. The van der Waals surface area contributed by atoms with Gasteiger partial charge in [-0.15, -0.1) is 0 Å². The number of nitrogens with zero attached hydrogens (tertiary/aromatic N) is 1. The molecule has 2 aliphatic rings. The number of imide groups is 1. The smallest absolute Gasteiger partial charge is 0.409 e. The van der Waals surface area contributed by atoms with Gasteiger partial charge in [-0.1, -0.05) is 0 Å². The number of ether oxygens (including phenoxy) is 1. The molecule has 16 heavy (non-hydrogen) atoms. The highest BCUT2D eigenvalue weighted by atomic mass is 16.6. The third-order valence-electron chi connectivity index (χ3n) is 2.81. The van der Waals surface area contributed by atoms with Crippen LogP contribution >= 0.6 is 0 Å². The van der Waals surface area contributed by atoms with Gasteiger partial charge in [-0.05, 0) is 13.3 Å². The molecule has 0 aromatic carbocycles. The van der Waals surface area contributed by atoms with Gasteiger partial charge >= 0.3 is 12.1 Å². The van der Waals surface area contributed by atoms with Crippen molar-refractivity contribution in [2.45, 2.75) is 18.9 Å². The van der Waals surface area contributed by atoms with Crippen LogP contribution < -0.4 is 10.6 Å². The summed E-state index contributed by atoms with van der Waals surface area (Å²) in [5, 5.41) is 4.73. The maximum Gasteiger partial charge on any atom is 0.409 e. The quantitative estimate of drug-likeness (QED) is 0.587. The first kappa shape index (κ1) is 10.7. The molecule has 2 aliphatic heterocycles. The Bertz CT molecular complexity index is 357. The van der Waals surface area contributed by atoms with Crippen LogP contribution in [0.25, 0.3) is 0 Å². The number of hydrogen-bond acceptors (Lipinski definition) is 4. The molecule has 0 bridgehead atoms. The topological polar surface area (TPSA) is 87.7 Å². The average molecular weight is 227 g/mol. The Balaban J connectivity index is 2.05. The first-order valence-electron chi connectivity index (χ1n) is 5.13. The second-order valence-corrected chi connectivity index (χ2v) is 3.86. The monoisotopic (exact) mass is 227 g/mol. The van der Waals surface area contributed by atoms with Crippen molar-refractivity contribution in [3.8, 4) is 0 Å². The zero-order valence-corrected chi connectivity index (χ0v) is 8.91. The SMILES string of the molecule is CCOC(=O)N1CCC2(C1)NC(=O)NC2=O. The van der Waals surface area contributed by atoms with Crippen LogP contribution in [0, 0.1) is 0 Å². The molecule has 0 aromatic heterocycles. The predicted octanol–water partition coefficient (Wildman–Crippen LogP) is -0.573. The molecule has 1 spiro atoms. The molecule has 7 heteroatoms. The van der Waals surface area contributed by atoms with E-state index in [0.717, 1.165) is 0 Å². The number of rotatable bonds is 1. The van der Waals surface area contributed by atoms with E-state index in [1.807, 2.05) is 0 Å². The third-order valence-corrected chi connectivity index (χ3v) is 2.81. The molecule has 2 heterocycles. The molecule has 0 aliphatic carbocycles. The van der Waals surface area contributed by atoms with Crippen molar-refractivity contribution in [1.82, 2.24) is 15.5 Å². The first-order chi connectivity index (χ1) is 7.57. The standard InChI is InChI=1S/C9H13N3O4/c1-2-16-8(15)12-4-3-9(5-12)6(13)10-7(14)11-9/h2-5H2,1H3,(H2,10,11,13,14). The number of likely N-dealkylation sites (tertiary alicyclic amines) is 1. The number of carbonyl (C=O) groups excluding carboxylic acids is 3. The minimum Gasteiger partial charge on any atom is -0.450 e. The highest BCUT2D eigenvalue weighted by Gasteiger charge is 2.51. The zero-order chi connectivity index (χ0) is 11.8. The third kappa shape index (κ3) is 1.58. The van der Waals surface area contributed by atoms with Gasteiger partial charge in [0.1, 0.15) is 5.54 Å². The molecular weight excluding hydrogens is 214 g/mol. The minimum absolute atomic E-state index is 0.170. The van der Waals surface area contributed by atoms with E-state index in [0.29, 0.717) is 19.6 Å². The van der Waals surface area contributed by atoms with Crippen molar-refractivity contribution >= 4 is 18.0 Å². The fraction of sp³-hybridized carbons (Fsp3) is 0.667. The molecule has 88 valence electrons. The van der Waals surface area contributed by atoms with Gasteiger partial charge < -0.3 is 15.0 Å². The lowest BCUT2D eigenvalue weighted by molar-refractivity contribution is -0.123. The molecule has 0 saturated carbocycles. The number of amides is 4. The molecule has 2 fully saturated rings. The number of urea groups is 1. The Morgan fingerprint density at radius 1 is 1.56 bits per heavy atom. The summed E-state index contributed by atoms with van der Waals surface area (Å²) in [7, 11) is 0. The van der Waals surface area contributed by atoms with Crippen molar-refractivity contribution in [2.24, 2.45) is 0 Å². The number of nitrogens with one attached hydrogen (secondary N) is 2. The second-order valence-electron chi connectivity index (χ2n) is 3.86. The lowest BCUT2D eigenvalue weighted by Crippen LogP contribution is -2.49. The van der Waals surface area contributed by atoms with E-state index in [4.69, 9.17) is 4.74 Å². The minimum atomic E-state index is -0.955. The van der Waals surface area contributed by atoms with Crippen LogP contribution in [0.5, 0.6) is 0 Å². The Labute approximate surface area is 92.1 Å². The molecule has 2 saturated heterocycles. The van der Waals surface area contributed by atoms with E-state index in [2.05, 4.69) is 10.6 Å². The van der Waals surface area contributed by atoms with Gasteiger partial charge in [-0.2, -0.15) is 0 Å². The van der Waals surface area contributed by atoms with Gasteiger partial charge in [0.2, 0.25) is 0 Å². The van der Waals surface area contributed by atoms with E-state index in [1.54, 1.807) is 6.92 Å². The average Bonchev–Trinajstić information content (AvgIpc) is 2.74. The van der Waals surface area contributed by atoms with Crippen LogP contribution in [0.15, 0.2) is 0 Å². The molecule has 7 nitrogen and oxygen atoms in total. The fourth-order valence-corrected chi connectivity index (χ4v) is 2.00. The van der Waals surface area contributed by atoms with Crippen LogP contribution in [-0.4, -0.2) is 48.2 Å². The Hall–Kier alpha value is -1.79. The summed E-state index contributed by atoms with van der Waals surface area (Å²) >= 11 is 0. The number of carbonyl (C=O) groups is 3. The largest absolute Gasteiger partial charge is 0.450 e. The predicted molar refractivity (Wildman–Crippen MR) is 52.6 cm³/mol. The highest BCUT2D eigenvalue weighted by Crippen LogP contribution is 2.24. The summed E-state index contributed by atoms with van der Waals surface area (Å²) in [6.45, 7) is 2.59. The van der Waals surface area contributed by atoms with Crippen LogP contribution in [0.1, 0.15) is 13.3 Å². The molecule has 4 amide bonds. The second kappa shape index (κ2) is 3.66. The molecule has 0 aromatic rings. The lowest BCUT2D eigenvalue weighted by atomic mass is 10.00. The normalized spacial score (nSPS) is 28.2. The van der Waals surface area contributed by atoms with Crippen LogP contribution in [0.3, 0.4) is 0 Å². The van der Waals surface area contributed by atoms with Crippen molar-refractivity contribution in [1.29, 1.82) is 0 Å². The van der Waals surface area contributed by atoms with Gasteiger partial charge in [0, 0.05) is 6.54 Å². The lowest BCUT2D eigenvalue weighted by Gasteiger charge is -2.20. The molecular formula is C9H13N3O4. The van der Waals surface area contributed by atoms with Gasteiger partial charge in [-0.3, -0.25) is 10.1 Å². The maximum absolute atomic E-state index is 11.6. The van der Waals surface area contributed by atoms with Gasteiger partial charge in [0.05, 0.1) is 13.2 Å². The van der Waals surface area contributed by atoms with E-state index in [-0.39, 0.29) is 12.5 Å². The van der Waals surface area contributed by atoms with Crippen molar-refractivity contribution in [3.63, 3.8) is 0 Å². The molecule has 0 radical (unpaired) electrons. The summed E-state index contributed by atoms with van der Waals surface area (Å²) in [6.07, 6.45) is -0.0306. The van der Waals surface area contributed by atoms with Crippen molar-refractivity contribution in [3.05, 3.63) is 0 Å². The Morgan fingerprint density at radius 2 is 2.31 bits per heavy atom. The summed E-state index contributed by atoms with van der Waals surface area (Å²) in [4.78, 5) is 35.5. The van der Waals surface area contributed by atoms with E-state index in [1.165, 1.54) is 4.90 Å². The Morgan fingerprint density at radius 3 is 2.88 bits per heavy atom. The first-order valence-corrected chi connectivity index (χ1v) is 5.13. The summed E-state index contributed by atoms with van der Waals surface area (Å²) < 4.78 is 4.83. The maximum atomic E-state index is 11.6. The fourth-order valence-electron chi connectivity index (χ4n) is 2.00. The molecule has 2 rings (SSSR count). The van der Waals surface area contributed by atoms with Crippen LogP contribution in [0.2, 0.25) is 0 Å². The van der Waals surface area contributed by atoms with Crippen molar-refractivity contribution < 1.29 is 19.1 Å². The number of hydrogen-bond donors (Lipinski definition) is 2.